The van der Waals surface area contributed by atoms with Crippen molar-refractivity contribution in [3.05, 3.63) is 28.8 Å². The van der Waals surface area contributed by atoms with E-state index in [2.05, 4.69) is 16.5 Å². The van der Waals surface area contributed by atoms with Crippen molar-refractivity contribution in [2.45, 2.75) is 38.6 Å². The lowest BCUT2D eigenvalue weighted by molar-refractivity contribution is 0.285. The van der Waals surface area contributed by atoms with E-state index in [1.54, 1.807) is 0 Å². The van der Waals surface area contributed by atoms with Crippen LogP contribution in [0.2, 0.25) is 0 Å². The van der Waals surface area contributed by atoms with Crippen LogP contribution >= 0.6 is 12.2 Å². The van der Waals surface area contributed by atoms with E-state index in [1.807, 2.05) is 6.07 Å². The van der Waals surface area contributed by atoms with E-state index in [1.165, 1.54) is 37.8 Å². The minimum Gasteiger partial charge on any atom is -0.330 e. The van der Waals surface area contributed by atoms with Crippen molar-refractivity contribution >= 4 is 23.3 Å². The van der Waals surface area contributed by atoms with Crippen LogP contribution in [0.1, 0.15) is 38.6 Å². The van der Waals surface area contributed by atoms with Gasteiger partial charge >= 0.3 is 0 Å². The summed E-state index contributed by atoms with van der Waals surface area (Å²) in [4.78, 5) is 3.12. The number of hydrogen-bond donors (Lipinski definition) is 1. The zero-order valence-corrected chi connectivity index (χ0v) is 11.3. The summed E-state index contributed by atoms with van der Waals surface area (Å²) >= 11 is 5.40. The van der Waals surface area contributed by atoms with Crippen LogP contribution in [0.4, 0.5) is 4.39 Å². The van der Waals surface area contributed by atoms with E-state index in [0.717, 1.165) is 21.7 Å². The molecule has 0 spiro atoms. The van der Waals surface area contributed by atoms with Crippen molar-refractivity contribution in [3.63, 3.8) is 0 Å². The molecular formula is C14H17FN2S. The van der Waals surface area contributed by atoms with E-state index in [-0.39, 0.29) is 5.82 Å². The average molecular weight is 264 g/mol. The van der Waals surface area contributed by atoms with Crippen molar-refractivity contribution in [1.29, 1.82) is 0 Å². The monoisotopic (exact) mass is 264 g/mol. The third-order valence-electron chi connectivity index (χ3n) is 3.95. The third-order valence-corrected chi connectivity index (χ3v) is 4.25. The number of benzene rings is 1. The van der Waals surface area contributed by atoms with Gasteiger partial charge in [-0.25, -0.2) is 4.39 Å². The molecule has 1 N–H and O–H groups in total. The number of rotatable bonds is 1. The second-order valence-electron chi connectivity index (χ2n) is 5.39. The molecular weight excluding hydrogens is 247 g/mol. The summed E-state index contributed by atoms with van der Waals surface area (Å²) < 4.78 is 16.1. The first-order valence-electron chi connectivity index (χ1n) is 6.55. The Hall–Kier alpha value is -1.16. The van der Waals surface area contributed by atoms with Crippen LogP contribution in [-0.2, 0) is 0 Å². The van der Waals surface area contributed by atoms with Crippen molar-refractivity contribution in [2.24, 2.45) is 5.92 Å². The SMILES string of the molecule is CC1CCCC(n2c(=S)[nH]c3cc(F)ccc32)C1. The predicted molar refractivity (Wildman–Crippen MR) is 73.7 cm³/mol. The van der Waals surface area contributed by atoms with Crippen LogP contribution in [0.3, 0.4) is 0 Å². The lowest BCUT2D eigenvalue weighted by atomic mass is 9.87. The van der Waals surface area contributed by atoms with Crippen LogP contribution in [0.15, 0.2) is 18.2 Å². The average Bonchev–Trinajstić information content (AvgIpc) is 2.64. The Balaban J connectivity index is 2.10. The first-order valence-corrected chi connectivity index (χ1v) is 6.96. The fourth-order valence-corrected chi connectivity index (χ4v) is 3.46. The lowest BCUT2D eigenvalue weighted by Crippen LogP contribution is -2.17. The van der Waals surface area contributed by atoms with Gasteiger partial charge in [-0.05, 0) is 49.2 Å². The van der Waals surface area contributed by atoms with Gasteiger partial charge in [-0.1, -0.05) is 19.8 Å². The van der Waals surface area contributed by atoms with Gasteiger partial charge < -0.3 is 9.55 Å². The Morgan fingerprint density at radius 1 is 1.39 bits per heavy atom. The summed E-state index contributed by atoms with van der Waals surface area (Å²) in [6.45, 7) is 2.30. The van der Waals surface area contributed by atoms with E-state index in [9.17, 15) is 4.39 Å². The zero-order valence-electron chi connectivity index (χ0n) is 10.4. The van der Waals surface area contributed by atoms with Crippen LogP contribution in [0, 0.1) is 16.5 Å². The van der Waals surface area contributed by atoms with Gasteiger partial charge in [0, 0.05) is 6.04 Å². The molecule has 2 atom stereocenters. The number of aromatic amines is 1. The number of fused-ring (bicyclic) bond motifs is 1. The minimum absolute atomic E-state index is 0.220. The molecule has 18 heavy (non-hydrogen) atoms. The maximum atomic E-state index is 13.2. The molecule has 3 rings (SSSR count). The second kappa shape index (κ2) is 4.50. The van der Waals surface area contributed by atoms with Crippen molar-refractivity contribution in [3.8, 4) is 0 Å². The molecule has 2 aromatic rings. The highest BCUT2D eigenvalue weighted by atomic mass is 32.1. The number of aromatic nitrogens is 2. The van der Waals surface area contributed by atoms with Crippen LogP contribution in [-0.4, -0.2) is 9.55 Å². The zero-order chi connectivity index (χ0) is 12.7. The van der Waals surface area contributed by atoms with Crippen LogP contribution in [0.5, 0.6) is 0 Å². The van der Waals surface area contributed by atoms with Gasteiger partial charge in [0.25, 0.3) is 0 Å². The summed E-state index contributed by atoms with van der Waals surface area (Å²) in [6, 6.07) is 5.32. The molecule has 1 fully saturated rings. The van der Waals surface area contributed by atoms with Gasteiger partial charge in [0.1, 0.15) is 5.82 Å². The number of imidazole rings is 1. The molecule has 0 saturated heterocycles. The van der Waals surface area contributed by atoms with Crippen LogP contribution in [0.25, 0.3) is 11.0 Å². The van der Waals surface area contributed by atoms with E-state index in [4.69, 9.17) is 12.2 Å². The van der Waals surface area contributed by atoms with Gasteiger partial charge in [0.2, 0.25) is 0 Å². The highest BCUT2D eigenvalue weighted by molar-refractivity contribution is 7.71. The molecule has 1 aliphatic rings. The summed E-state index contributed by atoms with van der Waals surface area (Å²) in [5.74, 6) is 0.527. The van der Waals surface area contributed by atoms with E-state index in [0.29, 0.717) is 6.04 Å². The summed E-state index contributed by atoms with van der Waals surface area (Å²) in [5.41, 5.74) is 1.83. The molecule has 2 unspecified atom stereocenters. The van der Waals surface area contributed by atoms with Crippen molar-refractivity contribution in [2.75, 3.05) is 0 Å². The summed E-state index contributed by atoms with van der Waals surface area (Å²) in [6.07, 6.45) is 4.89. The smallest absolute Gasteiger partial charge is 0.178 e. The number of nitrogens with zero attached hydrogens (tertiary/aromatic N) is 1. The van der Waals surface area contributed by atoms with E-state index < -0.39 is 0 Å². The maximum absolute atomic E-state index is 13.2. The van der Waals surface area contributed by atoms with Gasteiger partial charge in [-0.2, -0.15) is 0 Å². The highest BCUT2D eigenvalue weighted by Crippen LogP contribution is 2.34. The van der Waals surface area contributed by atoms with Gasteiger partial charge in [0.05, 0.1) is 11.0 Å². The Morgan fingerprint density at radius 2 is 2.22 bits per heavy atom. The number of H-pyrrole nitrogens is 1. The molecule has 0 amide bonds. The normalized spacial score (nSPS) is 24.6. The maximum Gasteiger partial charge on any atom is 0.178 e. The molecule has 1 saturated carbocycles. The minimum atomic E-state index is -0.220. The molecule has 96 valence electrons. The molecule has 1 heterocycles. The van der Waals surface area contributed by atoms with Crippen LogP contribution < -0.4 is 0 Å². The molecule has 1 aromatic carbocycles. The molecule has 1 aromatic heterocycles. The quantitative estimate of drug-likeness (QED) is 0.747. The van der Waals surface area contributed by atoms with Gasteiger partial charge in [-0.3, -0.25) is 0 Å². The molecule has 0 bridgehead atoms. The summed E-state index contributed by atoms with van der Waals surface area (Å²) in [7, 11) is 0. The molecule has 4 heteroatoms. The number of hydrogen-bond acceptors (Lipinski definition) is 1. The first kappa shape index (κ1) is 11.9. The number of halogens is 1. The first-order chi connectivity index (χ1) is 8.65. The highest BCUT2D eigenvalue weighted by Gasteiger charge is 2.22. The van der Waals surface area contributed by atoms with Gasteiger partial charge in [0.15, 0.2) is 4.77 Å². The Bertz CT molecular complexity index is 628. The van der Waals surface area contributed by atoms with Crippen molar-refractivity contribution in [1.82, 2.24) is 9.55 Å². The Labute approximate surface area is 111 Å². The molecule has 1 aliphatic carbocycles. The fourth-order valence-electron chi connectivity index (χ4n) is 3.10. The predicted octanol–water partition coefficient (Wildman–Crippen LogP) is 4.59. The lowest BCUT2D eigenvalue weighted by Gasteiger charge is -2.28. The molecule has 0 aliphatic heterocycles. The Morgan fingerprint density at radius 3 is 3.00 bits per heavy atom. The van der Waals surface area contributed by atoms with Crippen molar-refractivity contribution < 1.29 is 4.39 Å². The topological polar surface area (TPSA) is 20.7 Å². The largest absolute Gasteiger partial charge is 0.330 e. The fraction of sp³-hybridized carbons (Fsp3) is 0.500. The number of nitrogens with one attached hydrogen (secondary N) is 1. The summed E-state index contributed by atoms with van der Waals surface area (Å²) in [5, 5.41) is 0. The second-order valence-corrected chi connectivity index (χ2v) is 5.77. The Kier molecular flexibility index (Phi) is 2.98. The van der Waals surface area contributed by atoms with Gasteiger partial charge in [-0.15, -0.1) is 0 Å². The standard InChI is InChI=1S/C14H17FN2S/c1-9-3-2-4-11(7-9)17-13-6-5-10(15)8-12(13)16-14(17)18/h5-6,8-9,11H,2-4,7H2,1H3,(H,16,18). The molecule has 0 radical (unpaired) electrons. The molecule has 2 nitrogen and oxygen atoms in total. The van der Waals surface area contributed by atoms with E-state index >= 15 is 0 Å². The third kappa shape index (κ3) is 1.99.